The fraction of sp³-hybridized carbons (Fsp3) is 0.333. The molecule has 1 aromatic heterocycles. The maximum absolute atomic E-state index is 11.4. The Kier molecular flexibility index (Phi) is 3.39. The quantitative estimate of drug-likeness (QED) is 0.885. The van der Waals surface area contributed by atoms with Crippen molar-refractivity contribution in [3.63, 3.8) is 0 Å². The Morgan fingerprint density at radius 3 is 2.95 bits per heavy atom. The van der Waals surface area contributed by atoms with Crippen molar-refractivity contribution in [3.05, 3.63) is 30.5 Å². The minimum Gasteiger partial charge on any atom is -0.497 e. The van der Waals surface area contributed by atoms with Crippen LogP contribution in [0.2, 0.25) is 0 Å². The summed E-state index contributed by atoms with van der Waals surface area (Å²) in [6, 6.07) is 6.69. The first-order valence-electron chi connectivity index (χ1n) is 6.70. The maximum Gasteiger partial charge on any atom is 0.326 e. The van der Waals surface area contributed by atoms with Gasteiger partial charge in [0.15, 0.2) is 0 Å². The number of fused-ring (bicyclic) bond motifs is 1. The van der Waals surface area contributed by atoms with E-state index in [1.54, 1.807) is 18.2 Å². The second-order valence-corrected chi connectivity index (χ2v) is 5.12. The van der Waals surface area contributed by atoms with Gasteiger partial charge < -0.3 is 19.8 Å². The molecule has 2 aromatic rings. The fourth-order valence-corrected chi connectivity index (χ4v) is 2.77. The van der Waals surface area contributed by atoms with Crippen molar-refractivity contribution in [1.29, 1.82) is 0 Å². The topological polar surface area (TPSA) is 82.9 Å². The third-order valence-electron chi connectivity index (χ3n) is 3.79. The third-order valence-corrected chi connectivity index (χ3v) is 3.79. The number of rotatable bonds is 3. The monoisotopic (exact) mass is 288 g/mol. The largest absolute Gasteiger partial charge is 0.497 e. The molecular formula is C15H16N2O4. The average Bonchev–Trinajstić information content (AvgIpc) is 2.88. The van der Waals surface area contributed by atoms with Crippen LogP contribution in [0.4, 0.5) is 5.82 Å². The molecule has 0 radical (unpaired) electrons. The predicted octanol–water partition coefficient (Wildman–Crippen LogP) is 1.27. The number of aliphatic hydroxyl groups excluding tert-OH is 1. The Labute approximate surface area is 121 Å². The van der Waals surface area contributed by atoms with Gasteiger partial charge in [0.2, 0.25) is 0 Å². The van der Waals surface area contributed by atoms with Crippen LogP contribution in [0, 0.1) is 0 Å². The standard InChI is InChI=1S/C15H16N2O4/c1-21-11-3-2-9-4-5-16-14(12(9)7-11)17-8-10(18)6-13(17)15(19)20/h2-5,7,10,13,18H,6,8H2,1H3,(H,19,20). The number of aliphatic hydroxyl groups is 1. The fourth-order valence-electron chi connectivity index (χ4n) is 2.77. The molecule has 6 heteroatoms. The van der Waals surface area contributed by atoms with Crippen LogP contribution in [0.3, 0.4) is 0 Å². The summed E-state index contributed by atoms with van der Waals surface area (Å²) in [4.78, 5) is 17.4. The molecule has 3 rings (SSSR count). The summed E-state index contributed by atoms with van der Waals surface area (Å²) in [5, 5.41) is 20.9. The lowest BCUT2D eigenvalue weighted by atomic mass is 10.1. The zero-order chi connectivity index (χ0) is 15.0. The van der Waals surface area contributed by atoms with Gasteiger partial charge in [-0.05, 0) is 23.6 Å². The van der Waals surface area contributed by atoms with Gasteiger partial charge in [-0.2, -0.15) is 0 Å². The van der Waals surface area contributed by atoms with E-state index in [2.05, 4.69) is 4.98 Å². The van der Waals surface area contributed by atoms with Crippen molar-refractivity contribution < 1.29 is 19.7 Å². The van der Waals surface area contributed by atoms with Crippen LogP contribution >= 0.6 is 0 Å². The number of carboxylic acid groups (broad SMARTS) is 1. The molecule has 0 amide bonds. The van der Waals surface area contributed by atoms with Crippen molar-refractivity contribution in [2.75, 3.05) is 18.6 Å². The molecule has 0 saturated carbocycles. The number of carbonyl (C=O) groups is 1. The molecule has 1 aromatic carbocycles. The van der Waals surface area contributed by atoms with E-state index in [9.17, 15) is 15.0 Å². The van der Waals surface area contributed by atoms with Crippen molar-refractivity contribution in [2.45, 2.75) is 18.6 Å². The molecule has 2 N–H and O–H groups in total. The van der Waals surface area contributed by atoms with Gasteiger partial charge in [-0.1, -0.05) is 6.07 Å². The first-order valence-corrected chi connectivity index (χ1v) is 6.70. The van der Waals surface area contributed by atoms with Crippen molar-refractivity contribution in [1.82, 2.24) is 4.98 Å². The molecule has 2 atom stereocenters. The van der Waals surface area contributed by atoms with E-state index in [0.717, 1.165) is 10.8 Å². The van der Waals surface area contributed by atoms with Gasteiger partial charge in [0.05, 0.1) is 13.2 Å². The smallest absolute Gasteiger partial charge is 0.326 e. The Hall–Kier alpha value is -2.34. The van der Waals surface area contributed by atoms with Gasteiger partial charge in [-0.15, -0.1) is 0 Å². The van der Waals surface area contributed by atoms with E-state index in [-0.39, 0.29) is 13.0 Å². The number of pyridine rings is 1. The highest BCUT2D eigenvalue weighted by Crippen LogP contribution is 2.32. The summed E-state index contributed by atoms with van der Waals surface area (Å²) in [6.45, 7) is 0.264. The molecule has 2 heterocycles. The van der Waals surface area contributed by atoms with Crippen molar-refractivity contribution in [3.8, 4) is 5.75 Å². The molecule has 110 valence electrons. The molecule has 0 aliphatic carbocycles. The SMILES string of the molecule is COc1ccc2ccnc(N3CC(O)CC3C(=O)O)c2c1. The van der Waals surface area contributed by atoms with Crippen LogP contribution in [0.1, 0.15) is 6.42 Å². The van der Waals surface area contributed by atoms with E-state index in [4.69, 9.17) is 4.74 Å². The average molecular weight is 288 g/mol. The maximum atomic E-state index is 11.4. The third kappa shape index (κ3) is 2.38. The second-order valence-electron chi connectivity index (χ2n) is 5.12. The lowest BCUT2D eigenvalue weighted by molar-refractivity contribution is -0.138. The molecule has 6 nitrogen and oxygen atoms in total. The van der Waals surface area contributed by atoms with Crippen LogP contribution in [-0.4, -0.2) is 47.0 Å². The predicted molar refractivity (Wildman–Crippen MR) is 77.7 cm³/mol. The number of aromatic nitrogens is 1. The number of aliphatic carboxylic acids is 1. The first-order chi connectivity index (χ1) is 10.1. The molecule has 21 heavy (non-hydrogen) atoms. The number of β-amino-alcohol motifs (C(OH)–C–C–N with tert-alkyl or cyclic N) is 1. The summed E-state index contributed by atoms with van der Waals surface area (Å²) in [5.74, 6) is 0.298. The highest BCUT2D eigenvalue weighted by atomic mass is 16.5. The highest BCUT2D eigenvalue weighted by Gasteiger charge is 2.37. The summed E-state index contributed by atoms with van der Waals surface area (Å²) in [7, 11) is 1.58. The molecule has 0 spiro atoms. The summed E-state index contributed by atoms with van der Waals surface area (Å²) in [6.07, 6.45) is 1.19. The lowest BCUT2D eigenvalue weighted by Gasteiger charge is -2.23. The summed E-state index contributed by atoms with van der Waals surface area (Å²) < 4.78 is 5.22. The minimum absolute atomic E-state index is 0.206. The summed E-state index contributed by atoms with van der Waals surface area (Å²) in [5.41, 5.74) is 0. The van der Waals surface area contributed by atoms with Gasteiger partial charge in [-0.25, -0.2) is 9.78 Å². The van der Waals surface area contributed by atoms with Gasteiger partial charge in [0, 0.05) is 24.5 Å². The molecule has 2 unspecified atom stereocenters. The second kappa shape index (κ2) is 5.21. The number of anilines is 1. The number of nitrogens with zero attached hydrogens (tertiary/aromatic N) is 2. The van der Waals surface area contributed by atoms with Crippen molar-refractivity contribution >= 4 is 22.6 Å². The van der Waals surface area contributed by atoms with Crippen LogP contribution in [0.25, 0.3) is 10.8 Å². The number of benzene rings is 1. The lowest BCUT2D eigenvalue weighted by Crippen LogP contribution is -2.36. The molecule has 1 aliphatic heterocycles. The van der Waals surface area contributed by atoms with E-state index in [0.29, 0.717) is 11.6 Å². The minimum atomic E-state index is -0.951. The Bertz CT molecular complexity index is 688. The Morgan fingerprint density at radius 2 is 2.24 bits per heavy atom. The van der Waals surface area contributed by atoms with Crippen molar-refractivity contribution in [2.24, 2.45) is 0 Å². The van der Waals surface area contributed by atoms with Crippen LogP contribution < -0.4 is 9.64 Å². The van der Waals surface area contributed by atoms with Gasteiger partial charge >= 0.3 is 5.97 Å². The zero-order valence-electron chi connectivity index (χ0n) is 11.6. The number of hydrogen-bond acceptors (Lipinski definition) is 5. The summed E-state index contributed by atoms with van der Waals surface area (Å²) >= 11 is 0. The Morgan fingerprint density at radius 1 is 1.43 bits per heavy atom. The molecule has 0 bridgehead atoms. The number of ether oxygens (including phenoxy) is 1. The van der Waals surface area contributed by atoms with Crippen LogP contribution in [0.15, 0.2) is 30.5 Å². The molecule has 1 saturated heterocycles. The van der Waals surface area contributed by atoms with E-state index in [1.165, 1.54) is 0 Å². The highest BCUT2D eigenvalue weighted by molar-refractivity contribution is 5.95. The number of methoxy groups -OCH3 is 1. The molecule has 1 fully saturated rings. The van der Waals surface area contributed by atoms with E-state index < -0.39 is 18.1 Å². The first kappa shape index (κ1) is 13.6. The normalized spacial score (nSPS) is 21.7. The zero-order valence-corrected chi connectivity index (χ0v) is 11.6. The molecular weight excluding hydrogens is 272 g/mol. The van der Waals surface area contributed by atoms with Gasteiger partial charge in [-0.3, -0.25) is 0 Å². The van der Waals surface area contributed by atoms with E-state index >= 15 is 0 Å². The van der Waals surface area contributed by atoms with Crippen LogP contribution in [0.5, 0.6) is 5.75 Å². The number of hydrogen-bond donors (Lipinski definition) is 2. The van der Waals surface area contributed by atoms with Crippen LogP contribution in [-0.2, 0) is 4.79 Å². The Balaban J connectivity index is 2.12. The van der Waals surface area contributed by atoms with Gasteiger partial charge in [0.25, 0.3) is 0 Å². The number of carboxylic acids is 1. The van der Waals surface area contributed by atoms with E-state index in [1.807, 2.05) is 24.3 Å². The molecule has 1 aliphatic rings. The van der Waals surface area contributed by atoms with Gasteiger partial charge in [0.1, 0.15) is 17.6 Å².